The van der Waals surface area contributed by atoms with Gasteiger partial charge >= 0.3 is 0 Å². The summed E-state index contributed by atoms with van der Waals surface area (Å²) in [5.74, 6) is -0.143. The van der Waals surface area contributed by atoms with E-state index in [9.17, 15) is 13.2 Å². The number of hydrogen-bond acceptors (Lipinski definition) is 6. The molecular weight excluding hydrogens is 262 g/mol. The summed E-state index contributed by atoms with van der Waals surface area (Å²) in [6.45, 7) is 1.62. The van der Waals surface area contributed by atoms with Crippen LogP contribution in [-0.2, 0) is 16.4 Å². The van der Waals surface area contributed by atoms with Crippen molar-refractivity contribution in [1.82, 2.24) is 9.88 Å². The minimum Gasteiger partial charge on any atom is -0.364 e. The van der Waals surface area contributed by atoms with Crippen LogP contribution in [-0.4, -0.2) is 48.8 Å². The molecule has 2 N–H and O–H groups in total. The molecule has 8 heteroatoms. The molecule has 1 aliphatic rings. The van der Waals surface area contributed by atoms with E-state index in [-0.39, 0.29) is 17.2 Å². The average molecular weight is 275 g/mol. The van der Waals surface area contributed by atoms with Gasteiger partial charge in [-0.2, -0.15) is 0 Å². The van der Waals surface area contributed by atoms with Crippen LogP contribution in [0.2, 0.25) is 0 Å². The summed E-state index contributed by atoms with van der Waals surface area (Å²) in [5.41, 5.74) is 5.38. The third-order valence-corrected chi connectivity index (χ3v) is 5.04. The van der Waals surface area contributed by atoms with E-state index < -0.39 is 15.7 Å². The molecule has 94 valence electrons. The Labute approximate surface area is 103 Å². The Bertz CT molecular complexity index is 509. The number of aromatic nitrogens is 1. The van der Waals surface area contributed by atoms with Crippen molar-refractivity contribution >= 4 is 27.1 Å². The van der Waals surface area contributed by atoms with Gasteiger partial charge in [-0.15, -0.1) is 11.3 Å². The van der Waals surface area contributed by atoms with Crippen molar-refractivity contribution in [3.8, 4) is 0 Å². The number of thiazole rings is 1. The van der Waals surface area contributed by atoms with E-state index in [0.29, 0.717) is 19.6 Å². The van der Waals surface area contributed by atoms with Crippen LogP contribution < -0.4 is 5.73 Å². The van der Waals surface area contributed by atoms with Gasteiger partial charge in [-0.1, -0.05) is 0 Å². The van der Waals surface area contributed by atoms with Gasteiger partial charge in [0.25, 0.3) is 5.91 Å². The summed E-state index contributed by atoms with van der Waals surface area (Å²) in [5, 5.41) is 2.41. The molecule has 2 heterocycles. The van der Waals surface area contributed by atoms with Gasteiger partial charge in [0.05, 0.1) is 18.1 Å². The molecule has 0 saturated carbocycles. The number of amides is 1. The fourth-order valence-electron chi connectivity index (χ4n) is 1.60. The molecule has 0 radical (unpaired) electrons. The van der Waals surface area contributed by atoms with E-state index in [1.165, 1.54) is 11.3 Å². The molecule has 0 unspecified atom stereocenters. The molecule has 2 rings (SSSR count). The van der Waals surface area contributed by atoms with Crippen molar-refractivity contribution in [1.29, 1.82) is 0 Å². The number of carbonyl (C=O) groups is 1. The van der Waals surface area contributed by atoms with Gasteiger partial charge in [0.2, 0.25) is 0 Å². The minimum absolute atomic E-state index is 0.195. The molecule has 0 aliphatic carbocycles. The predicted molar refractivity (Wildman–Crippen MR) is 64.6 cm³/mol. The lowest BCUT2D eigenvalue weighted by Gasteiger charge is -2.25. The summed E-state index contributed by atoms with van der Waals surface area (Å²) in [6, 6.07) is 0. The minimum atomic E-state index is -2.85. The third kappa shape index (κ3) is 3.24. The Morgan fingerprint density at radius 2 is 2.12 bits per heavy atom. The molecule has 17 heavy (non-hydrogen) atoms. The molecule has 0 spiro atoms. The summed E-state index contributed by atoms with van der Waals surface area (Å²) < 4.78 is 22.5. The molecule has 1 saturated heterocycles. The molecular formula is C9H13N3O3S2. The first-order valence-corrected chi connectivity index (χ1v) is 7.83. The second-order valence-corrected chi connectivity index (χ2v) is 7.16. The normalized spacial score (nSPS) is 20.2. The molecule has 1 amide bonds. The molecule has 0 aromatic carbocycles. The zero-order valence-electron chi connectivity index (χ0n) is 9.13. The number of sulfone groups is 1. The highest BCUT2D eigenvalue weighted by Crippen LogP contribution is 2.14. The fourth-order valence-corrected chi connectivity index (χ4v) is 3.70. The standard InChI is InChI=1S/C9H13N3O3S2/c10-9(13)7-6-16-8(11-7)5-12-1-3-17(14,15)4-2-12/h6H,1-5H2,(H2,10,13). The van der Waals surface area contributed by atoms with Gasteiger partial charge in [0.1, 0.15) is 10.7 Å². The highest BCUT2D eigenvalue weighted by Gasteiger charge is 2.22. The van der Waals surface area contributed by atoms with Crippen LogP contribution in [0.4, 0.5) is 0 Å². The quantitative estimate of drug-likeness (QED) is 0.800. The molecule has 1 aromatic heterocycles. The van der Waals surface area contributed by atoms with Crippen molar-refractivity contribution in [2.24, 2.45) is 5.73 Å². The lowest BCUT2D eigenvalue weighted by atomic mass is 10.4. The summed E-state index contributed by atoms with van der Waals surface area (Å²) >= 11 is 1.37. The number of hydrogen-bond donors (Lipinski definition) is 1. The van der Waals surface area contributed by atoms with Crippen molar-refractivity contribution in [2.45, 2.75) is 6.54 Å². The maximum absolute atomic E-state index is 11.2. The summed E-state index contributed by atoms with van der Waals surface area (Å²) in [4.78, 5) is 17.0. The number of nitrogens with two attached hydrogens (primary N) is 1. The van der Waals surface area contributed by atoms with Gasteiger partial charge in [-0.25, -0.2) is 13.4 Å². The third-order valence-electron chi connectivity index (χ3n) is 2.60. The number of rotatable bonds is 3. The van der Waals surface area contributed by atoms with Crippen molar-refractivity contribution in [2.75, 3.05) is 24.6 Å². The molecule has 1 aliphatic heterocycles. The molecule has 6 nitrogen and oxygen atoms in total. The van der Waals surface area contributed by atoms with Crippen LogP contribution in [0.15, 0.2) is 5.38 Å². The van der Waals surface area contributed by atoms with Crippen LogP contribution in [0.25, 0.3) is 0 Å². The van der Waals surface area contributed by atoms with Gasteiger partial charge in [0, 0.05) is 18.5 Å². The van der Waals surface area contributed by atoms with E-state index in [2.05, 4.69) is 4.98 Å². The monoisotopic (exact) mass is 275 g/mol. The molecule has 1 fully saturated rings. The Morgan fingerprint density at radius 3 is 2.65 bits per heavy atom. The lowest BCUT2D eigenvalue weighted by molar-refractivity contribution is 0.0996. The first-order chi connectivity index (χ1) is 7.96. The predicted octanol–water partition coefficient (Wildman–Crippen LogP) is -0.528. The fraction of sp³-hybridized carbons (Fsp3) is 0.556. The Morgan fingerprint density at radius 1 is 1.47 bits per heavy atom. The van der Waals surface area contributed by atoms with E-state index in [1.807, 2.05) is 4.90 Å². The second-order valence-electron chi connectivity index (χ2n) is 3.92. The maximum Gasteiger partial charge on any atom is 0.268 e. The number of nitrogens with zero attached hydrogens (tertiary/aromatic N) is 2. The molecule has 1 aromatic rings. The van der Waals surface area contributed by atoms with E-state index in [0.717, 1.165) is 5.01 Å². The summed E-state index contributed by atoms with van der Waals surface area (Å²) in [7, 11) is -2.85. The van der Waals surface area contributed by atoms with Gasteiger partial charge in [0.15, 0.2) is 9.84 Å². The van der Waals surface area contributed by atoms with Gasteiger partial charge < -0.3 is 5.73 Å². The van der Waals surface area contributed by atoms with Gasteiger partial charge in [-0.05, 0) is 0 Å². The zero-order valence-corrected chi connectivity index (χ0v) is 10.8. The Balaban J connectivity index is 1.95. The number of primary amides is 1. The second kappa shape index (κ2) is 4.71. The van der Waals surface area contributed by atoms with Gasteiger partial charge in [-0.3, -0.25) is 9.69 Å². The first kappa shape index (κ1) is 12.5. The van der Waals surface area contributed by atoms with Crippen molar-refractivity contribution in [3.05, 3.63) is 16.1 Å². The SMILES string of the molecule is NC(=O)c1csc(CN2CCS(=O)(=O)CC2)n1. The highest BCUT2D eigenvalue weighted by atomic mass is 32.2. The van der Waals surface area contributed by atoms with Crippen molar-refractivity contribution in [3.63, 3.8) is 0 Å². The smallest absolute Gasteiger partial charge is 0.268 e. The van der Waals surface area contributed by atoms with Crippen LogP contribution in [0.1, 0.15) is 15.5 Å². The zero-order chi connectivity index (χ0) is 12.5. The van der Waals surface area contributed by atoms with Crippen LogP contribution >= 0.6 is 11.3 Å². The topological polar surface area (TPSA) is 93.4 Å². The van der Waals surface area contributed by atoms with Crippen LogP contribution in [0.5, 0.6) is 0 Å². The first-order valence-electron chi connectivity index (χ1n) is 5.13. The van der Waals surface area contributed by atoms with Crippen LogP contribution in [0.3, 0.4) is 0 Å². The molecule has 0 atom stereocenters. The largest absolute Gasteiger partial charge is 0.364 e. The lowest BCUT2D eigenvalue weighted by Crippen LogP contribution is -2.39. The molecule has 0 bridgehead atoms. The van der Waals surface area contributed by atoms with Crippen LogP contribution in [0, 0.1) is 0 Å². The van der Waals surface area contributed by atoms with E-state index in [4.69, 9.17) is 5.73 Å². The maximum atomic E-state index is 11.2. The van der Waals surface area contributed by atoms with E-state index in [1.54, 1.807) is 5.38 Å². The van der Waals surface area contributed by atoms with Crippen molar-refractivity contribution < 1.29 is 13.2 Å². The Hall–Kier alpha value is -0.990. The average Bonchev–Trinajstić information content (AvgIpc) is 2.70. The Kier molecular flexibility index (Phi) is 3.45. The number of carbonyl (C=O) groups excluding carboxylic acids is 1. The summed E-state index contributed by atoms with van der Waals surface area (Å²) in [6.07, 6.45) is 0. The van der Waals surface area contributed by atoms with E-state index >= 15 is 0 Å². The highest BCUT2D eigenvalue weighted by molar-refractivity contribution is 7.91.